The number of benzene rings is 2. The first-order valence-electron chi connectivity index (χ1n) is 9.53. The number of nitrogens with one attached hydrogen (secondary N) is 1. The Labute approximate surface area is 185 Å². The second-order valence-electron chi connectivity index (χ2n) is 7.56. The van der Waals surface area contributed by atoms with E-state index in [4.69, 9.17) is 20.8 Å². The minimum Gasteiger partial charge on any atom is -0.425 e. The first-order chi connectivity index (χ1) is 14.5. The summed E-state index contributed by atoms with van der Waals surface area (Å²) in [6, 6.07) is 9.70. The van der Waals surface area contributed by atoms with Crippen LogP contribution in [-0.4, -0.2) is 20.4 Å². The first kappa shape index (κ1) is 23.0. The standard InChI is InChI=1S/C22H22ClNO6S/c1-12(2)20(24-31(27,28)16-8-5-13(3)6-9-16)22(26)29-15-7-10-17-14(4)19(23)21(25)30-18(17)11-15/h5-12,20,24H,1-4H3. The van der Waals surface area contributed by atoms with Gasteiger partial charge in [0.2, 0.25) is 10.0 Å². The van der Waals surface area contributed by atoms with Crippen molar-refractivity contribution in [3.63, 3.8) is 0 Å². The molecule has 0 aliphatic heterocycles. The van der Waals surface area contributed by atoms with Crippen LogP contribution in [-0.2, 0) is 14.8 Å². The molecular weight excluding hydrogens is 442 g/mol. The molecular formula is C22H22ClNO6S. The molecule has 164 valence electrons. The molecule has 31 heavy (non-hydrogen) atoms. The Hall–Kier alpha value is -2.68. The minimum absolute atomic E-state index is 0.0115. The summed E-state index contributed by atoms with van der Waals surface area (Å²) in [4.78, 5) is 24.6. The number of aryl methyl sites for hydroxylation is 2. The molecule has 0 radical (unpaired) electrons. The summed E-state index contributed by atoms with van der Waals surface area (Å²) in [6.45, 7) is 6.93. The molecule has 0 fully saturated rings. The van der Waals surface area contributed by atoms with Gasteiger partial charge in [0.25, 0.3) is 0 Å². The van der Waals surface area contributed by atoms with Gasteiger partial charge < -0.3 is 9.15 Å². The molecule has 0 aliphatic rings. The highest BCUT2D eigenvalue weighted by Gasteiger charge is 2.30. The van der Waals surface area contributed by atoms with Gasteiger partial charge in [0.05, 0.1) is 4.90 Å². The number of halogens is 1. The van der Waals surface area contributed by atoms with Gasteiger partial charge in [0.15, 0.2) is 0 Å². The lowest BCUT2D eigenvalue weighted by Gasteiger charge is -2.21. The van der Waals surface area contributed by atoms with Gasteiger partial charge in [-0.1, -0.05) is 43.1 Å². The monoisotopic (exact) mass is 463 g/mol. The van der Waals surface area contributed by atoms with E-state index in [1.807, 2.05) is 6.92 Å². The number of rotatable bonds is 6. The molecule has 0 saturated heterocycles. The lowest BCUT2D eigenvalue weighted by molar-refractivity contribution is -0.137. The topological polar surface area (TPSA) is 103 Å². The largest absolute Gasteiger partial charge is 0.425 e. The Morgan fingerprint density at radius 3 is 2.35 bits per heavy atom. The molecule has 1 unspecified atom stereocenters. The fourth-order valence-electron chi connectivity index (χ4n) is 2.97. The number of carbonyl (C=O) groups excluding carboxylic acids is 1. The number of ether oxygens (including phenoxy) is 1. The van der Waals surface area contributed by atoms with Crippen LogP contribution in [0.15, 0.2) is 56.6 Å². The molecule has 1 heterocycles. The van der Waals surface area contributed by atoms with E-state index in [2.05, 4.69) is 4.72 Å². The Kier molecular flexibility index (Phi) is 6.54. The molecule has 7 nitrogen and oxygen atoms in total. The van der Waals surface area contributed by atoms with Gasteiger partial charge in [-0.2, -0.15) is 4.72 Å². The van der Waals surface area contributed by atoms with Crippen LogP contribution in [0.1, 0.15) is 25.0 Å². The molecule has 0 spiro atoms. The maximum absolute atomic E-state index is 12.8. The van der Waals surface area contributed by atoms with Crippen molar-refractivity contribution >= 4 is 38.6 Å². The summed E-state index contributed by atoms with van der Waals surface area (Å²) in [5.74, 6) is -1.05. The molecule has 0 bridgehead atoms. The van der Waals surface area contributed by atoms with E-state index in [1.165, 1.54) is 24.3 Å². The number of esters is 1. The number of fused-ring (bicyclic) bond motifs is 1. The zero-order chi connectivity index (χ0) is 22.9. The van der Waals surface area contributed by atoms with Gasteiger partial charge >= 0.3 is 11.6 Å². The molecule has 2 aromatic carbocycles. The van der Waals surface area contributed by atoms with Crippen molar-refractivity contribution in [1.29, 1.82) is 0 Å². The third-order valence-corrected chi connectivity index (χ3v) is 6.72. The van der Waals surface area contributed by atoms with Gasteiger partial charge in [0.1, 0.15) is 22.4 Å². The van der Waals surface area contributed by atoms with Gasteiger partial charge in [-0.25, -0.2) is 18.0 Å². The minimum atomic E-state index is -3.93. The molecule has 9 heteroatoms. The van der Waals surface area contributed by atoms with E-state index >= 15 is 0 Å². The van der Waals surface area contributed by atoms with Gasteiger partial charge in [-0.05, 0) is 49.6 Å². The van der Waals surface area contributed by atoms with Crippen molar-refractivity contribution < 1.29 is 22.4 Å². The first-order valence-corrected chi connectivity index (χ1v) is 11.4. The number of hydrogen-bond donors (Lipinski definition) is 1. The molecule has 1 aromatic heterocycles. The number of carbonyl (C=O) groups is 1. The van der Waals surface area contributed by atoms with Crippen LogP contribution >= 0.6 is 11.6 Å². The number of hydrogen-bond acceptors (Lipinski definition) is 6. The van der Waals surface area contributed by atoms with Crippen LogP contribution in [0.25, 0.3) is 11.0 Å². The van der Waals surface area contributed by atoms with Gasteiger partial charge in [-0.15, -0.1) is 0 Å². The van der Waals surface area contributed by atoms with E-state index in [9.17, 15) is 18.0 Å². The predicted octanol–water partition coefficient (Wildman–Crippen LogP) is 3.97. The van der Waals surface area contributed by atoms with E-state index in [-0.39, 0.29) is 27.2 Å². The summed E-state index contributed by atoms with van der Waals surface area (Å²) >= 11 is 5.92. The van der Waals surface area contributed by atoms with E-state index in [0.29, 0.717) is 10.9 Å². The van der Waals surface area contributed by atoms with E-state index < -0.39 is 27.7 Å². The number of sulfonamides is 1. The van der Waals surface area contributed by atoms with Crippen molar-refractivity contribution in [2.45, 2.75) is 38.6 Å². The maximum Gasteiger partial charge on any atom is 0.355 e. The molecule has 1 atom stereocenters. The Balaban J connectivity index is 1.86. The van der Waals surface area contributed by atoms with Crippen molar-refractivity contribution in [2.75, 3.05) is 0 Å². The van der Waals surface area contributed by atoms with Crippen molar-refractivity contribution in [3.8, 4) is 5.75 Å². The summed E-state index contributed by atoms with van der Waals surface area (Å²) in [6.07, 6.45) is 0. The summed E-state index contributed by atoms with van der Waals surface area (Å²) in [7, 11) is -3.93. The normalized spacial score (nSPS) is 12.8. The third kappa shape index (κ3) is 4.98. The molecule has 0 amide bonds. The molecule has 0 aliphatic carbocycles. The second kappa shape index (κ2) is 8.82. The fraction of sp³-hybridized carbons (Fsp3) is 0.273. The van der Waals surface area contributed by atoms with Crippen LogP contribution < -0.4 is 15.1 Å². The van der Waals surface area contributed by atoms with Gasteiger partial charge in [-0.3, -0.25) is 0 Å². The molecule has 3 aromatic rings. The summed E-state index contributed by atoms with van der Waals surface area (Å²) in [5, 5.41) is 0.590. The zero-order valence-electron chi connectivity index (χ0n) is 17.4. The summed E-state index contributed by atoms with van der Waals surface area (Å²) in [5.41, 5.74) is 0.981. The lowest BCUT2D eigenvalue weighted by Crippen LogP contribution is -2.46. The predicted molar refractivity (Wildman–Crippen MR) is 118 cm³/mol. The molecule has 1 N–H and O–H groups in total. The Morgan fingerprint density at radius 1 is 1.10 bits per heavy atom. The van der Waals surface area contributed by atoms with Gasteiger partial charge in [0, 0.05) is 11.5 Å². The lowest BCUT2D eigenvalue weighted by atomic mass is 10.1. The average molecular weight is 464 g/mol. The van der Waals surface area contributed by atoms with Crippen LogP contribution in [0.5, 0.6) is 5.75 Å². The highest BCUT2D eigenvalue weighted by atomic mass is 35.5. The Bertz CT molecular complexity index is 1300. The zero-order valence-corrected chi connectivity index (χ0v) is 19.0. The SMILES string of the molecule is Cc1ccc(S(=O)(=O)NC(C(=O)Oc2ccc3c(C)c(Cl)c(=O)oc3c2)C(C)C)cc1. The Morgan fingerprint density at radius 2 is 1.74 bits per heavy atom. The molecule has 0 saturated carbocycles. The van der Waals surface area contributed by atoms with E-state index in [1.54, 1.807) is 39.0 Å². The van der Waals surface area contributed by atoms with Crippen LogP contribution in [0.2, 0.25) is 5.02 Å². The van der Waals surface area contributed by atoms with Crippen molar-refractivity contribution in [2.24, 2.45) is 5.92 Å². The van der Waals surface area contributed by atoms with Crippen LogP contribution in [0, 0.1) is 19.8 Å². The van der Waals surface area contributed by atoms with Crippen molar-refractivity contribution in [3.05, 3.63) is 69.0 Å². The maximum atomic E-state index is 12.8. The van der Waals surface area contributed by atoms with Crippen LogP contribution in [0.4, 0.5) is 0 Å². The van der Waals surface area contributed by atoms with Crippen LogP contribution in [0.3, 0.4) is 0 Å². The quantitative estimate of drug-likeness (QED) is 0.337. The fourth-order valence-corrected chi connectivity index (χ4v) is 4.44. The van der Waals surface area contributed by atoms with Crippen molar-refractivity contribution in [1.82, 2.24) is 4.72 Å². The smallest absolute Gasteiger partial charge is 0.355 e. The summed E-state index contributed by atoms with van der Waals surface area (Å²) < 4.78 is 38.4. The highest BCUT2D eigenvalue weighted by Crippen LogP contribution is 2.26. The van der Waals surface area contributed by atoms with E-state index in [0.717, 1.165) is 5.56 Å². The molecule has 3 rings (SSSR count). The second-order valence-corrected chi connectivity index (χ2v) is 9.66. The average Bonchev–Trinajstić information content (AvgIpc) is 2.70. The highest BCUT2D eigenvalue weighted by molar-refractivity contribution is 7.89. The third-order valence-electron chi connectivity index (χ3n) is 4.82.